The summed E-state index contributed by atoms with van der Waals surface area (Å²) in [7, 11) is 1.91. The average Bonchev–Trinajstić information content (AvgIpc) is 3.29. The average molecular weight is 505 g/mol. The van der Waals surface area contributed by atoms with Gasteiger partial charge in [-0.3, -0.25) is 9.67 Å². The molecule has 0 fully saturated rings. The molecule has 0 aliphatic carbocycles. The summed E-state index contributed by atoms with van der Waals surface area (Å²) in [6, 6.07) is 16.6. The summed E-state index contributed by atoms with van der Waals surface area (Å²) < 4.78 is 9.16. The number of halogens is 1. The second kappa shape index (κ2) is 9.72. The van der Waals surface area contributed by atoms with Gasteiger partial charge >= 0.3 is 0 Å². The van der Waals surface area contributed by atoms with Crippen molar-refractivity contribution in [3.63, 3.8) is 0 Å². The second-order valence-corrected chi connectivity index (χ2v) is 8.99. The Kier molecular flexibility index (Phi) is 6.37. The molecule has 0 saturated heterocycles. The van der Waals surface area contributed by atoms with Crippen LogP contribution < -0.4 is 15.4 Å². The maximum atomic E-state index is 6.38. The van der Waals surface area contributed by atoms with Gasteiger partial charge in [0.2, 0.25) is 5.88 Å². The van der Waals surface area contributed by atoms with Crippen LogP contribution in [0.15, 0.2) is 77.8 Å². The van der Waals surface area contributed by atoms with Crippen LogP contribution in [-0.2, 0) is 13.5 Å². The van der Waals surface area contributed by atoms with Crippen LogP contribution in [0.4, 0.5) is 5.69 Å². The number of hydrogen-bond donors (Lipinski definition) is 2. The lowest BCUT2D eigenvalue weighted by Gasteiger charge is -2.33. The van der Waals surface area contributed by atoms with Gasteiger partial charge in [-0.25, -0.2) is 4.98 Å². The third-order valence-electron chi connectivity index (χ3n) is 5.71. The fourth-order valence-corrected chi connectivity index (χ4v) is 4.25. The minimum atomic E-state index is -0.102. The Morgan fingerprint density at radius 1 is 1.12 bits per heavy atom. The fourth-order valence-electron chi connectivity index (χ4n) is 4.02. The smallest absolute Gasteiger partial charge is 0.237 e. The van der Waals surface area contributed by atoms with Crippen molar-refractivity contribution in [2.24, 2.45) is 7.05 Å². The Morgan fingerprint density at radius 2 is 2.00 bits per heavy atom. The fraction of sp³-hybridized carbons (Fsp3) is 0.240. The topological polar surface area (TPSA) is 76.9 Å². The predicted octanol–water partition coefficient (Wildman–Crippen LogP) is 4.39. The lowest BCUT2D eigenvalue weighted by atomic mass is 9.99. The lowest BCUT2D eigenvalue weighted by Crippen LogP contribution is -2.43. The van der Waals surface area contributed by atoms with E-state index < -0.39 is 0 Å². The van der Waals surface area contributed by atoms with Crippen LogP contribution in [0, 0.1) is 0 Å². The van der Waals surface area contributed by atoms with Gasteiger partial charge in [0.05, 0.1) is 24.5 Å². The SMILES string of the molecule is Cn1cc(-c2cnc3c(c2)NC[C@@H]([C@H](NCCc2ccc(Br)cn2)c2ccccc2)O3)cn1. The first-order chi connectivity index (χ1) is 16.2. The molecule has 2 atom stereocenters. The van der Waals surface area contributed by atoms with Crippen LogP contribution in [-0.4, -0.2) is 38.9 Å². The van der Waals surface area contributed by atoms with E-state index in [1.54, 1.807) is 4.68 Å². The van der Waals surface area contributed by atoms with E-state index >= 15 is 0 Å². The number of aryl methyl sites for hydroxylation is 1. The summed E-state index contributed by atoms with van der Waals surface area (Å²) in [6.45, 7) is 1.46. The first kappa shape index (κ1) is 21.6. The van der Waals surface area contributed by atoms with E-state index in [9.17, 15) is 0 Å². The van der Waals surface area contributed by atoms with Crippen molar-refractivity contribution in [2.45, 2.75) is 18.6 Å². The normalized spacial score (nSPS) is 15.9. The molecule has 1 aliphatic heterocycles. The summed E-state index contributed by atoms with van der Waals surface area (Å²) in [6.07, 6.45) is 8.22. The predicted molar refractivity (Wildman–Crippen MR) is 132 cm³/mol. The van der Waals surface area contributed by atoms with Crippen LogP contribution in [0.3, 0.4) is 0 Å². The molecule has 33 heavy (non-hydrogen) atoms. The minimum Gasteiger partial charge on any atom is -0.469 e. The molecule has 168 valence electrons. The van der Waals surface area contributed by atoms with Crippen molar-refractivity contribution in [2.75, 3.05) is 18.4 Å². The second-order valence-electron chi connectivity index (χ2n) is 8.08. The van der Waals surface area contributed by atoms with Crippen molar-refractivity contribution >= 4 is 21.6 Å². The zero-order valence-corrected chi connectivity index (χ0v) is 19.9. The molecule has 2 N–H and O–H groups in total. The van der Waals surface area contributed by atoms with Crippen molar-refractivity contribution in [1.29, 1.82) is 0 Å². The highest BCUT2D eigenvalue weighted by Gasteiger charge is 2.29. The van der Waals surface area contributed by atoms with Crippen LogP contribution in [0.5, 0.6) is 5.88 Å². The molecule has 0 bridgehead atoms. The zero-order chi connectivity index (χ0) is 22.6. The van der Waals surface area contributed by atoms with Gasteiger partial charge in [-0.2, -0.15) is 5.10 Å². The number of fused-ring (bicyclic) bond motifs is 1. The molecule has 0 radical (unpaired) electrons. The first-order valence-electron chi connectivity index (χ1n) is 10.9. The van der Waals surface area contributed by atoms with Crippen molar-refractivity contribution in [1.82, 2.24) is 25.1 Å². The number of nitrogens with one attached hydrogen (secondary N) is 2. The molecule has 4 aromatic rings. The third-order valence-corrected chi connectivity index (χ3v) is 6.18. The number of hydrogen-bond acceptors (Lipinski definition) is 6. The van der Waals surface area contributed by atoms with Gasteiger partial charge < -0.3 is 15.4 Å². The Hall–Kier alpha value is -3.23. The zero-order valence-electron chi connectivity index (χ0n) is 18.3. The molecule has 5 rings (SSSR count). The van der Waals surface area contributed by atoms with Gasteiger partial charge in [0.1, 0.15) is 6.10 Å². The Labute approximate surface area is 201 Å². The van der Waals surface area contributed by atoms with Gasteiger partial charge in [-0.1, -0.05) is 30.3 Å². The Balaban J connectivity index is 1.31. The van der Waals surface area contributed by atoms with Gasteiger partial charge in [0, 0.05) is 59.9 Å². The van der Waals surface area contributed by atoms with E-state index in [0.29, 0.717) is 12.4 Å². The summed E-state index contributed by atoms with van der Waals surface area (Å²) in [4.78, 5) is 9.08. The number of nitrogens with zero attached hydrogens (tertiary/aromatic N) is 4. The minimum absolute atomic E-state index is 0.0158. The van der Waals surface area contributed by atoms with Gasteiger partial charge in [0.25, 0.3) is 0 Å². The molecular weight excluding hydrogens is 480 g/mol. The number of pyridine rings is 2. The lowest BCUT2D eigenvalue weighted by molar-refractivity contribution is 0.150. The van der Waals surface area contributed by atoms with Crippen molar-refractivity contribution < 1.29 is 4.74 Å². The summed E-state index contributed by atoms with van der Waals surface area (Å²) in [5.41, 5.74) is 5.18. The monoisotopic (exact) mass is 504 g/mol. The molecule has 0 saturated carbocycles. The highest BCUT2D eigenvalue weighted by molar-refractivity contribution is 9.10. The molecule has 3 aromatic heterocycles. The van der Waals surface area contributed by atoms with Gasteiger partial charge in [-0.05, 0) is 39.7 Å². The van der Waals surface area contributed by atoms with E-state index in [1.807, 2.05) is 50.0 Å². The van der Waals surface area contributed by atoms with E-state index in [1.165, 1.54) is 5.56 Å². The number of anilines is 1. The summed E-state index contributed by atoms with van der Waals surface area (Å²) in [5, 5.41) is 11.5. The van der Waals surface area contributed by atoms with Crippen LogP contribution in [0.1, 0.15) is 17.3 Å². The standard InChI is InChI=1S/C25H25BrN6O/c1-32-16-19(13-31-32)18-11-22-25(30-12-18)33-23(15-29-22)24(17-5-3-2-4-6-17)27-10-9-21-8-7-20(26)14-28-21/h2-8,11-14,16,23-24,27,29H,9-10,15H2,1H3/t23-,24+/m0/s1. The Morgan fingerprint density at radius 3 is 2.76 bits per heavy atom. The molecule has 7 nitrogen and oxygen atoms in total. The van der Waals surface area contributed by atoms with Crippen LogP contribution in [0.25, 0.3) is 11.1 Å². The number of benzene rings is 1. The third kappa shape index (κ3) is 5.07. The van der Waals surface area contributed by atoms with Crippen molar-refractivity contribution in [3.8, 4) is 17.0 Å². The van der Waals surface area contributed by atoms with E-state index in [4.69, 9.17) is 4.74 Å². The Bertz CT molecular complexity index is 1210. The quantitative estimate of drug-likeness (QED) is 0.388. The molecule has 1 aliphatic rings. The largest absolute Gasteiger partial charge is 0.469 e. The maximum Gasteiger partial charge on any atom is 0.237 e. The van der Waals surface area contributed by atoms with Crippen LogP contribution >= 0.6 is 15.9 Å². The number of ether oxygens (including phenoxy) is 1. The van der Waals surface area contributed by atoms with Gasteiger partial charge in [0.15, 0.2) is 0 Å². The molecular formula is C25H25BrN6O. The molecule has 0 spiro atoms. The maximum absolute atomic E-state index is 6.38. The van der Waals surface area contributed by atoms with E-state index in [0.717, 1.165) is 39.9 Å². The van der Waals surface area contributed by atoms with E-state index in [2.05, 4.69) is 72.0 Å². The molecule has 8 heteroatoms. The van der Waals surface area contributed by atoms with Crippen molar-refractivity contribution in [3.05, 3.63) is 89.0 Å². The highest BCUT2D eigenvalue weighted by atomic mass is 79.9. The first-order valence-corrected chi connectivity index (χ1v) is 11.7. The number of aromatic nitrogens is 4. The summed E-state index contributed by atoms with van der Waals surface area (Å²) >= 11 is 3.44. The van der Waals surface area contributed by atoms with Gasteiger partial charge in [-0.15, -0.1) is 0 Å². The highest BCUT2D eigenvalue weighted by Crippen LogP contribution is 2.34. The molecule has 1 aromatic carbocycles. The molecule has 0 unspecified atom stereocenters. The molecule has 4 heterocycles. The van der Waals surface area contributed by atoms with Crippen LogP contribution in [0.2, 0.25) is 0 Å². The molecule has 0 amide bonds. The summed E-state index contributed by atoms with van der Waals surface area (Å²) in [5.74, 6) is 0.621. The van der Waals surface area contributed by atoms with E-state index in [-0.39, 0.29) is 12.1 Å². The number of rotatable bonds is 7.